The molecule has 1 aromatic rings. The van der Waals surface area contributed by atoms with Gasteiger partial charge in [0.05, 0.1) is 12.0 Å². The van der Waals surface area contributed by atoms with Gasteiger partial charge in [-0.2, -0.15) is 4.31 Å². The van der Waals surface area contributed by atoms with Crippen molar-refractivity contribution in [1.29, 1.82) is 0 Å². The smallest absolute Gasteiger partial charge is 0.243 e. The Morgan fingerprint density at radius 2 is 2.05 bits per heavy atom. The number of rotatable bonds is 4. The topological polar surface area (TPSA) is 75.7 Å². The molecule has 1 amide bonds. The summed E-state index contributed by atoms with van der Waals surface area (Å²) in [6, 6.07) is 4.06. The largest absolute Gasteiger partial charge is 0.496 e. The van der Waals surface area contributed by atoms with Crippen molar-refractivity contribution in [2.75, 3.05) is 20.2 Å². The molecule has 0 aliphatic carbocycles. The number of hydrogen-bond donors (Lipinski definition) is 1. The first-order chi connectivity index (χ1) is 10.3. The highest BCUT2D eigenvalue weighted by Gasteiger charge is 2.40. The fraction of sp³-hybridized carbons (Fsp3) is 0.533. The molecule has 1 aliphatic heterocycles. The molecular formula is C15H22N2O4S. The standard InChI is InChI=1S/C15H22N2O4S/c1-10(2)14-15(18)16-7-8-17(14)22(19,20)12-5-6-13(21-4)11(3)9-12/h5-6,9-10,14H,7-8H2,1-4H3,(H,16,18). The lowest BCUT2D eigenvalue weighted by Gasteiger charge is -2.36. The summed E-state index contributed by atoms with van der Waals surface area (Å²) in [5.74, 6) is 0.292. The molecule has 0 radical (unpaired) electrons. The van der Waals surface area contributed by atoms with Crippen LogP contribution in [-0.4, -0.2) is 44.9 Å². The number of benzene rings is 1. The maximum absolute atomic E-state index is 12.9. The van der Waals surface area contributed by atoms with Gasteiger partial charge in [-0.15, -0.1) is 0 Å². The monoisotopic (exact) mass is 326 g/mol. The van der Waals surface area contributed by atoms with Crippen LogP contribution in [0.5, 0.6) is 5.75 Å². The van der Waals surface area contributed by atoms with Crippen LogP contribution in [0.3, 0.4) is 0 Å². The van der Waals surface area contributed by atoms with Gasteiger partial charge in [-0.25, -0.2) is 8.42 Å². The molecule has 1 fully saturated rings. The molecule has 1 atom stereocenters. The van der Waals surface area contributed by atoms with E-state index in [9.17, 15) is 13.2 Å². The van der Waals surface area contributed by atoms with Crippen LogP contribution in [0.25, 0.3) is 0 Å². The van der Waals surface area contributed by atoms with E-state index in [0.717, 1.165) is 5.56 Å². The number of carbonyl (C=O) groups excluding carboxylic acids is 1. The molecule has 1 unspecified atom stereocenters. The zero-order valence-corrected chi connectivity index (χ0v) is 14.1. The highest BCUT2D eigenvalue weighted by molar-refractivity contribution is 7.89. The Labute approximate surface area is 131 Å². The molecule has 2 rings (SSSR count). The number of methoxy groups -OCH3 is 1. The molecule has 0 aromatic heterocycles. The summed E-state index contributed by atoms with van der Waals surface area (Å²) in [5, 5.41) is 2.73. The molecule has 1 aromatic carbocycles. The van der Waals surface area contributed by atoms with E-state index in [1.807, 2.05) is 13.8 Å². The summed E-state index contributed by atoms with van der Waals surface area (Å²) < 4.78 is 32.3. The fourth-order valence-electron chi connectivity index (χ4n) is 2.72. The van der Waals surface area contributed by atoms with E-state index in [0.29, 0.717) is 12.3 Å². The molecule has 6 nitrogen and oxygen atoms in total. The van der Waals surface area contributed by atoms with Crippen molar-refractivity contribution >= 4 is 15.9 Å². The van der Waals surface area contributed by atoms with Gasteiger partial charge in [-0.3, -0.25) is 4.79 Å². The average molecular weight is 326 g/mol. The lowest BCUT2D eigenvalue weighted by Crippen LogP contribution is -2.58. The second-order valence-corrected chi connectivity index (χ2v) is 7.62. The van der Waals surface area contributed by atoms with Crippen molar-refractivity contribution in [2.45, 2.75) is 31.7 Å². The lowest BCUT2D eigenvalue weighted by atomic mass is 10.0. The molecule has 1 heterocycles. The number of hydrogen-bond acceptors (Lipinski definition) is 4. The number of sulfonamides is 1. The molecule has 7 heteroatoms. The van der Waals surface area contributed by atoms with Crippen LogP contribution >= 0.6 is 0 Å². The number of nitrogens with zero attached hydrogens (tertiary/aromatic N) is 1. The molecule has 0 saturated carbocycles. The Morgan fingerprint density at radius 3 is 2.59 bits per heavy atom. The van der Waals surface area contributed by atoms with Gasteiger partial charge in [0.1, 0.15) is 11.8 Å². The average Bonchev–Trinajstić information content (AvgIpc) is 2.46. The van der Waals surface area contributed by atoms with Gasteiger partial charge < -0.3 is 10.1 Å². The number of carbonyl (C=O) groups is 1. The summed E-state index contributed by atoms with van der Waals surface area (Å²) in [4.78, 5) is 12.2. The van der Waals surface area contributed by atoms with Crippen LogP contribution in [0.15, 0.2) is 23.1 Å². The van der Waals surface area contributed by atoms with Crippen LogP contribution in [-0.2, 0) is 14.8 Å². The van der Waals surface area contributed by atoms with Crippen LogP contribution in [0.2, 0.25) is 0 Å². The summed E-state index contributed by atoms with van der Waals surface area (Å²) in [6.07, 6.45) is 0. The number of amides is 1. The Hall–Kier alpha value is -1.60. The number of aryl methyl sites for hydroxylation is 1. The van der Waals surface area contributed by atoms with Crippen molar-refractivity contribution in [3.8, 4) is 5.75 Å². The van der Waals surface area contributed by atoms with Crippen molar-refractivity contribution in [3.05, 3.63) is 23.8 Å². The maximum Gasteiger partial charge on any atom is 0.243 e. The van der Waals surface area contributed by atoms with Gasteiger partial charge in [0.2, 0.25) is 15.9 Å². The third kappa shape index (κ3) is 2.96. The van der Waals surface area contributed by atoms with Gasteiger partial charge in [-0.1, -0.05) is 13.8 Å². The van der Waals surface area contributed by atoms with Gasteiger partial charge >= 0.3 is 0 Å². The van der Waals surface area contributed by atoms with Gasteiger partial charge in [-0.05, 0) is 36.6 Å². The predicted octanol–water partition coefficient (Wildman–Crippen LogP) is 1.15. The van der Waals surface area contributed by atoms with E-state index in [2.05, 4.69) is 5.32 Å². The first-order valence-corrected chi connectivity index (χ1v) is 8.67. The van der Waals surface area contributed by atoms with Gasteiger partial charge in [0.15, 0.2) is 0 Å². The van der Waals surface area contributed by atoms with E-state index in [1.54, 1.807) is 26.2 Å². The van der Waals surface area contributed by atoms with E-state index in [4.69, 9.17) is 4.74 Å². The third-order valence-corrected chi connectivity index (χ3v) is 5.69. The molecular weight excluding hydrogens is 304 g/mol. The molecule has 22 heavy (non-hydrogen) atoms. The molecule has 1 saturated heterocycles. The van der Waals surface area contributed by atoms with Gasteiger partial charge in [0, 0.05) is 13.1 Å². The van der Waals surface area contributed by atoms with E-state index >= 15 is 0 Å². The summed E-state index contributed by atoms with van der Waals surface area (Å²) >= 11 is 0. The quantitative estimate of drug-likeness (QED) is 0.900. The zero-order chi connectivity index (χ0) is 16.5. The fourth-order valence-corrected chi connectivity index (χ4v) is 4.52. The minimum atomic E-state index is -3.72. The minimum absolute atomic E-state index is 0.102. The third-order valence-electron chi connectivity index (χ3n) is 3.81. The van der Waals surface area contributed by atoms with Crippen molar-refractivity contribution in [1.82, 2.24) is 9.62 Å². The van der Waals surface area contributed by atoms with Crippen molar-refractivity contribution < 1.29 is 17.9 Å². The Bertz CT molecular complexity index is 670. The predicted molar refractivity (Wildman–Crippen MR) is 83.3 cm³/mol. The van der Waals surface area contributed by atoms with Crippen LogP contribution in [0.4, 0.5) is 0 Å². The normalized spacial score (nSPS) is 20.0. The first kappa shape index (κ1) is 16.8. The SMILES string of the molecule is COc1ccc(S(=O)(=O)N2CCNC(=O)C2C(C)C)cc1C. The molecule has 1 N–H and O–H groups in total. The summed E-state index contributed by atoms with van der Waals surface area (Å²) in [7, 11) is -2.18. The number of ether oxygens (including phenoxy) is 1. The Balaban J connectivity index is 2.44. The Morgan fingerprint density at radius 1 is 1.36 bits per heavy atom. The van der Waals surface area contributed by atoms with Crippen molar-refractivity contribution in [3.63, 3.8) is 0 Å². The second-order valence-electron chi connectivity index (χ2n) is 5.73. The highest BCUT2D eigenvalue weighted by Crippen LogP contribution is 2.27. The zero-order valence-electron chi connectivity index (χ0n) is 13.3. The van der Waals surface area contributed by atoms with E-state index < -0.39 is 16.1 Å². The highest BCUT2D eigenvalue weighted by atomic mass is 32.2. The summed E-state index contributed by atoms with van der Waals surface area (Å²) in [5.41, 5.74) is 0.742. The van der Waals surface area contributed by atoms with Crippen LogP contribution < -0.4 is 10.1 Å². The molecule has 122 valence electrons. The minimum Gasteiger partial charge on any atom is -0.496 e. The molecule has 0 bridgehead atoms. The van der Waals surface area contributed by atoms with Crippen LogP contribution in [0, 0.1) is 12.8 Å². The van der Waals surface area contributed by atoms with Crippen LogP contribution in [0.1, 0.15) is 19.4 Å². The lowest BCUT2D eigenvalue weighted by molar-refractivity contribution is -0.128. The summed E-state index contributed by atoms with van der Waals surface area (Å²) in [6.45, 7) is 6.09. The van der Waals surface area contributed by atoms with Gasteiger partial charge in [0.25, 0.3) is 0 Å². The number of piperazine rings is 1. The van der Waals surface area contributed by atoms with E-state index in [1.165, 1.54) is 10.4 Å². The second kappa shape index (κ2) is 6.26. The molecule has 1 aliphatic rings. The Kier molecular flexibility index (Phi) is 4.77. The molecule has 0 spiro atoms. The van der Waals surface area contributed by atoms with Crippen molar-refractivity contribution in [2.24, 2.45) is 5.92 Å². The van der Waals surface area contributed by atoms with E-state index in [-0.39, 0.29) is 23.3 Å². The first-order valence-electron chi connectivity index (χ1n) is 7.23. The number of nitrogens with one attached hydrogen (secondary N) is 1. The maximum atomic E-state index is 12.9.